The van der Waals surface area contributed by atoms with Gasteiger partial charge in [0.2, 0.25) is 11.6 Å². The Morgan fingerprint density at radius 3 is 2.44 bits per heavy atom. The summed E-state index contributed by atoms with van der Waals surface area (Å²) in [7, 11) is 0. The number of aromatic hydroxyl groups is 1. The number of aromatic amines is 1. The molecule has 2 heterocycles. The molecule has 6 aromatic rings. The molecule has 0 atom stereocenters. The molecular formula is C27H17N5O4. The van der Waals surface area contributed by atoms with Crippen molar-refractivity contribution >= 4 is 50.4 Å². The molecule has 0 saturated carbocycles. The second-order valence-electron chi connectivity index (χ2n) is 8.21. The van der Waals surface area contributed by atoms with E-state index < -0.39 is 4.92 Å². The molecule has 0 radical (unpaired) electrons. The molecule has 9 nitrogen and oxygen atoms in total. The molecular weight excluding hydrogens is 458 g/mol. The molecule has 0 aliphatic rings. The lowest BCUT2D eigenvalue weighted by atomic mass is 10.0. The van der Waals surface area contributed by atoms with Crippen LogP contribution in [0.3, 0.4) is 0 Å². The first-order valence-corrected chi connectivity index (χ1v) is 11.1. The number of fused-ring (bicyclic) bond motifs is 2. The number of rotatable bonds is 5. The van der Waals surface area contributed by atoms with Crippen molar-refractivity contribution in [2.24, 2.45) is 10.2 Å². The van der Waals surface area contributed by atoms with Gasteiger partial charge in [-0.25, -0.2) is 0 Å². The van der Waals surface area contributed by atoms with E-state index >= 15 is 0 Å². The average molecular weight is 475 g/mol. The van der Waals surface area contributed by atoms with Crippen LogP contribution in [0.2, 0.25) is 0 Å². The highest BCUT2D eigenvalue weighted by molar-refractivity contribution is 6.18. The average Bonchev–Trinajstić information content (AvgIpc) is 3.19. The van der Waals surface area contributed by atoms with Gasteiger partial charge < -0.3 is 10.1 Å². The summed E-state index contributed by atoms with van der Waals surface area (Å²) in [6.45, 7) is 0. The van der Waals surface area contributed by atoms with Crippen molar-refractivity contribution in [1.29, 1.82) is 0 Å². The Hall–Kier alpha value is -5.31. The molecule has 0 aliphatic carbocycles. The molecule has 174 valence electrons. The van der Waals surface area contributed by atoms with Crippen molar-refractivity contribution in [2.75, 3.05) is 0 Å². The molecule has 9 heteroatoms. The monoisotopic (exact) mass is 475 g/mol. The second-order valence-corrected chi connectivity index (χ2v) is 8.21. The van der Waals surface area contributed by atoms with E-state index in [2.05, 4.69) is 15.2 Å². The van der Waals surface area contributed by atoms with E-state index in [0.717, 1.165) is 16.3 Å². The van der Waals surface area contributed by atoms with Crippen LogP contribution >= 0.6 is 0 Å². The molecule has 0 aliphatic heterocycles. The summed E-state index contributed by atoms with van der Waals surface area (Å²) in [5.41, 5.74) is 2.43. The quantitative estimate of drug-likeness (QED) is 0.123. The second kappa shape index (κ2) is 8.17. The minimum Gasteiger partial charge on any atom is -0.504 e. The minimum atomic E-state index is -0.520. The predicted molar refractivity (Wildman–Crippen MR) is 136 cm³/mol. The van der Waals surface area contributed by atoms with Gasteiger partial charge in [0.05, 0.1) is 16.1 Å². The number of H-pyrrole nitrogens is 1. The summed E-state index contributed by atoms with van der Waals surface area (Å²) < 4.78 is 1.65. The lowest BCUT2D eigenvalue weighted by Gasteiger charge is -2.10. The van der Waals surface area contributed by atoms with Crippen LogP contribution in [-0.2, 0) is 0 Å². The Kier molecular flexibility index (Phi) is 4.82. The number of nitro benzene ring substituents is 1. The number of nitro groups is 1. The molecule has 0 saturated heterocycles. The van der Waals surface area contributed by atoms with Gasteiger partial charge in [0, 0.05) is 28.6 Å². The molecule has 0 fully saturated rings. The number of carbonyl (C=O) groups is 1. The van der Waals surface area contributed by atoms with Crippen molar-refractivity contribution in [3.8, 4) is 5.75 Å². The SMILES string of the molecule is O=C(c1ccccc1)c1c(O)c(N=Nc2cccc([N+](=O)[O-])c2)n2c1[nH]c1cccc3cccc2c31. The zero-order valence-electron chi connectivity index (χ0n) is 18.6. The molecule has 0 spiro atoms. The fraction of sp³-hybridized carbons (Fsp3) is 0. The van der Waals surface area contributed by atoms with Gasteiger partial charge >= 0.3 is 0 Å². The molecule has 2 aromatic heterocycles. The molecule has 6 rings (SSSR count). The number of nitrogens with zero attached hydrogens (tertiary/aromatic N) is 4. The first kappa shape index (κ1) is 21.2. The number of azo groups is 1. The maximum atomic E-state index is 13.5. The van der Waals surface area contributed by atoms with Gasteiger partial charge in [-0.15, -0.1) is 10.2 Å². The largest absolute Gasteiger partial charge is 0.504 e. The highest BCUT2D eigenvalue weighted by Gasteiger charge is 2.27. The smallest absolute Gasteiger partial charge is 0.271 e. The molecule has 0 unspecified atom stereocenters. The van der Waals surface area contributed by atoms with Crippen LogP contribution in [0.25, 0.3) is 27.5 Å². The van der Waals surface area contributed by atoms with Gasteiger partial charge in [-0.3, -0.25) is 19.3 Å². The number of hydrogen-bond acceptors (Lipinski definition) is 6. The first-order chi connectivity index (χ1) is 17.5. The molecule has 0 bridgehead atoms. The van der Waals surface area contributed by atoms with Crippen molar-refractivity contribution in [3.05, 3.63) is 112 Å². The normalized spacial score (nSPS) is 11.7. The number of benzene rings is 4. The molecule has 36 heavy (non-hydrogen) atoms. The summed E-state index contributed by atoms with van der Waals surface area (Å²) in [6.07, 6.45) is 0. The third kappa shape index (κ3) is 3.30. The number of non-ortho nitro benzene ring substituents is 1. The number of carbonyl (C=O) groups excluding carboxylic acids is 1. The lowest BCUT2D eigenvalue weighted by Crippen LogP contribution is -2.02. The van der Waals surface area contributed by atoms with Crippen molar-refractivity contribution in [3.63, 3.8) is 0 Å². The maximum Gasteiger partial charge on any atom is 0.271 e. The van der Waals surface area contributed by atoms with Crippen LogP contribution in [0.15, 0.2) is 101 Å². The Bertz CT molecular complexity index is 1850. The molecule has 2 N–H and O–H groups in total. The summed E-state index contributed by atoms with van der Waals surface area (Å²) in [6, 6.07) is 25.9. The summed E-state index contributed by atoms with van der Waals surface area (Å²) in [4.78, 5) is 27.5. The number of nitrogens with one attached hydrogen (secondary N) is 1. The first-order valence-electron chi connectivity index (χ1n) is 11.1. The van der Waals surface area contributed by atoms with E-state index in [1.165, 1.54) is 18.2 Å². The van der Waals surface area contributed by atoms with E-state index in [9.17, 15) is 20.0 Å². The zero-order chi connectivity index (χ0) is 24.8. The highest BCUT2D eigenvalue weighted by Crippen LogP contribution is 2.41. The molecule has 4 aromatic carbocycles. The van der Waals surface area contributed by atoms with E-state index in [1.54, 1.807) is 40.8 Å². The Morgan fingerprint density at radius 2 is 1.67 bits per heavy atom. The van der Waals surface area contributed by atoms with E-state index in [0.29, 0.717) is 16.7 Å². The predicted octanol–water partition coefficient (Wildman–Crippen LogP) is 6.83. The van der Waals surface area contributed by atoms with E-state index in [4.69, 9.17) is 0 Å². The van der Waals surface area contributed by atoms with Gasteiger partial charge in [-0.05, 0) is 23.6 Å². The van der Waals surface area contributed by atoms with Gasteiger partial charge in [-0.2, -0.15) is 0 Å². The van der Waals surface area contributed by atoms with Gasteiger partial charge in [0.1, 0.15) is 11.2 Å². The number of ketones is 1. The van der Waals surface area contributed by atoms with Crippen molar-refractivity contribution in [2.45, 2.75) is 0 Å². The van der Waals surface area contributed by atoms with Crippen LogP contribution in [0.5, 0.6) is 5.75 Å². The third-order valence-electron chi connectivity index (χ3n) is 6.06. The molecule has 0 amide bonds. The lowest BCUT2D eigenvalue weighted by molar-refractivity contribution is -0.384. The maximum absolute atomic E-state index is 13.5. The highest BCUT2D eigenvalue weighted by atomic mass is 16.6. The van der Waals surface area contributed by atoms with E-state index in [1.807, 2.05) is 36.4 Å². The van der Waals surface area contributed by atoms with Crippen LogP contribution in [-0.4, -0.2) is 25.2 Å². The van der Waals surface area contributed by atoms with Gasteiger partial charge in [-0.1, -0.05) is 60.7 Å². The van der Waals surface area contributed by atoms with Gasteiger partial charge in [0.15, 0.2) is 5.75 Å². The van der Waals surface area contributed by atoms with Crippen LogP contribution in [0.4, 0.5) is 17.2 Å². The summed E-state index contributed by atoms with van der Waals surface area (Å²) in [5.74, 6) is -0.691. The van der Waals surface area contributed by atoms with Crippen molar-refractivity contribution in [1.82, 2.24) is 9.38 Å². The van der Waals surface area contributed by atoms with Crippen molar-refractivity contribution < 1.29 is 14.8 Å². The number of aromatic nitrogens is 2. The standard InChI is InChI=1S/C27H17N5O4/c33-24(17-7-2-1-3-8-17)23-25(34)27(30-29-18-11-6-12-19(15-18)32(35)36)31-21-14-5-10-16-9-4-13-20(22(16)21)28-26(23)31/h1-15,28,34H. The topological polar surface area (TPSA) is 125 Å². The summed E-state index contributed by atoms with van der Waals surface area (Å²) >= 11 is 0. The summed E-state index contributed by atoms with van der Waals surface area (Å²) in [5, 5.41) is 32.8. The van der Waals surface area contributed by atoms with Crippen LogP contribution in [0, 0.1) is 10.1 Å². The van der Waals surface area contributed by atoms with Crippen LogP contribution < -0.4 is 0 Å². The van der Waals surface area contributed by atoms with Gasteiger partial charge in [0.25, 0.3) is 5.69 Å². The number of hydrogen-bond donors (Lipinski definition) is 2. The Morgan fingerprint density at radius 1 is 0.917 bits per heavy atom. The fourth-order valence-electron chi connectivity index (χ4n) is 4.45. The Balaban J connectivity index is 1.66. The Labute approximate surface area is 203 Å². The van der Waals surface area contributed by atoms with Crippen LogP contribution in [0.1, 0.15) is 15.9 Å². The minimum absolute atomic E-state index is 0.0327. The zero-order valence-corrected chi connectivity index (χ0v) is 18.6. The fourth-order valence-corrected chi connectivity index (χ4v) is 4.45. The van der Waals surface area contributed by atoms with E-state index in [-0.39, 0.29) is 34.3 Å². The third-order valence-corrected chi connectivity index (χ3v) is 6.06.